The second kappa shape index (κ2) is 10.2. The van der Waals surface area contributed by atoms with Gasteiger partial charge in [0, 0.05) is 31.7 Å². The molecule has 1 aromatic rings. The summed E-state index contributed by atoms with van der Waals surface area (Å²) in [5.74, 6) is 0.579. The number of hydrogen-bond acceptors (Lipinski definition) is 2. The fraction of sp³-hybridized carbons (Fsp3) is 0.611. The minimum absolute atomic E-state index is 0.178. The lowest BCUT2D eigenvalue weighted by Gasteiger charge is -2.24. The molecule has 5 heteroatoms. The van der Waals surface area contributed by atoms with Gasteiger partial charge in [-0.15, -0.1) is 0 Å². The average Bonchev–Trinajstić information content (AvgIpc) is 2.52. The van der Waals surface area contributed by atoms with Crippen molar-refractivity contribution in [3.63, 3.8) is 0 Å². The van der Waals surface area contributed by atoms with Crippen LogP contribution < -0.4 is 10.6 Å². The number of benzene rings is 1. The number of halogens is 1. The monoisotopic (exact) mass is 323 g/mol. The number of hydrogen-bond donors (Lipinski definition) is 2. The van der Waals surface area contributed by atoms with Gasteiger partial charge in [-0.3, -0.25) is 4.99 Å². The zero-order valence-electron chi connectivity index (χ0n) is 14.8. The predicted molar refractivity (Wildman–Crippen MR) is 94.5 cm³/mol. The van der Waals surface area contributed by atoms with Crippen LogP contribution >= 0.6 is 0 Å². The van der Waals surface area contributed by atoms with Gasteiger partial charge in [-0.05, 0) is 31.9 Å². The number of ether oxygens (including phenoxy) is 1. The smallest absolute Gasteiger partial charge is 0.191 e. The van der Waals surface area contributed by atoms with Crippen LogP contribution in [0.25, 0.3) is 0 Å². The van der Waals surface area contributed by atoms with E-state index in [2.05, 4.69) is 15.6 Å². The van der Waals surface area contributed by atoms with Gasteiger partial charge in [0.15, 0.2) is 5.96 Å². The second-order valence-corrected chi connectivity index (χ2v) is 6.04. The largest absolute Gasteiger partial charge is 0.382 e. The fourth-order valence-electron chi connectivity index (χ4n) is 2.24. The van der Waals surface area contributed by atoms with Crippen molar-refractivity contribution in [1.82, 2.24) is 10.6 Å². The highest BCUT2D eigenvalue weighted by Gasteiger charge is 2.23. The maximum atomic E-state index is 14.0. The molecule has 0 spiro atoms. The van der Waals surface area contributed by atoms with Crippen molar-refractivity contribution >= 4 is 5.96 Å². The highest BCUT2D eigenvalue weighted by molar-refractivity contribution is 5.79. The van der Waals surface area contributed by atoms with Crippen LogP contribution in [-0.2, 0) is 10.2 Å². The normalized spacial score (nSPS) is 12.3. The average molecular weight is 323 g/mol. The van der Waals surface area contributed by atoms with Crippen LogP contribution in [0.1, 0.15) is 39.7 Å². The summed E-state index contributed by atoms with van der Waals surface area (Å²) in [4.78, 5) is 4.61. The Morgan fingerprint density at radius 3 is 2.61 bits per heavy atom. The lowest BCUT2D eigenvalue weighted by atomic mass is 9.84. The molecule has 0 aliphatic heterocycles. The molecule has 0 aromatic heterocycles. The maximum Gasteiger partial charge on any atom is 0.191 e. The fourth-order valence-corrected chi connectivity index (χ4v) is 2.24. The van der Waals surface area contributed by atoms with E-state index in [9.17, 15) is 4.39 Å². The molecule has 130 valence electrons. The van der Waals surface area contributed by atoms with Crippen LogP contribution in [0.15, 0.2) is 29.3 Å². The number of guanidine groups is 1. The van der Waals surface area contributed by atoms with Crippen LogP contribution in [0, 0.1) is 5.82 Å². The van der Waals surface area contributed by atoms with Gasteiger partial charge in [0.1, 0.15) is 5.82 Å². The molecular weight excluding hydrogens is 293 g/mol. The van der Waals surface area contributed by atoms with Crippen molar-refractivity contribution in [3.05, 3.63) is 35.6 Å². The molecule has 0 atom stereocenters. The maximum absolute atomic E-state index is 14.0. The molecule has 0 aliphatic carbocycles. The van der Waals surface area contributed by atoms with Crippen molar-refractivity contribution in [3.8, 4) is 0 Å². The van der Waals surface area contributed by atoms with Crippen LogP contribution in [-0.4, -0.2) is 38.8 Å². The lowest BCUT2D eigenvalue weighted by molar-refractivity contribution is 0.145. The zero-order chi connectivity index (χ0) is 17.1. The van der Waals surface area contributed by atoms with E-state index in [0.717, 1.165) is 38.7 Å². The number of rotatable bonds is 9. The molecule has 0 amide bonds. The molecule has 0 saturated carbocycles. The minimum atomic E-state index is -0.362. The molecule has 0 fully saturated rings. The van der Waals surface area contributed by atoms with E-state index in [1.807, 2.05) is 39.8 Å². The van der Waals surface area contributed by atoms with Crippen molar-refractivity contribution < 1.29 is 9.13 Å². The van der Waals surface area contributed by atoms with E-state index in [1.54, 1.807) is 6.07 Å². The third kappa shape index (κ3) is 6.99. The molecule has 2 N–H and O–H groups in total. The summed E-state index contributed by atoms with van der Waals surface area (Å²) in [6.45, 7) is 11.6. The Bertz CT molecular complexity index is 489. The Hall–Kier alpha value is -1.62. The molecule has 0 saturated heterocycles. The number of nitrogens with zero attached hydrogens (tertiary/aromatic N) is 1. The molecule has 23 heavy (non-hydrogen) atoms. The Balaban J connectivity index is 2.63. The standard InChI is InChI=1S/C18H30FN3O/c1-5-20-17(21-12-9-13-23-6-2)22-14-18(3,4)15-10-7-8-11-16(15)19/h7-8,10-11H,5-6,9,12-14H2,1-4H3,(H2,20,21,22). The first-order valence-corrected chi connectivity index (χ1v) is 8.36. The van der Waals surface area contributed by atoms with Crippen molar-refractivity contribution in [2.75, 3.05) is 32.8 Å². The second-order valence-electron chi connectivity index (χ2n) is 6.04. The van der Waals surface area contributed by atoms with Gasteiger partial charge < -0.3 is 15.4 Å². The van der Waals surface area contributed by atoms with Gasteiger partial charge in [-0.2, -0.15) is 0 Å². The Morgan fingerprint density at radius 2 is 1.96 bits per heavy atom. The van der Waals surface area contributed by atoms with Gasteiger partial charge in [-0.1, -0.05) is 32.0 Å². The summed E-state index contributed by atoms with van der Waals surface area (Å²) in [6.07, 6.45) is 0.926. The first kappa shape index (κ1) is 19.4. The molecule has 0 radical (unpaired) electrons. The van der Waals surface area contributed by atoms with Crippen LogP contribution in [0.5, 0.6) is 0 Å². The minimum Gasteiger partial charge on any atom is -0.382 e. The Kier molecular flexibility index (Phi) is 8.62. The zero-order valence-corrected chi connectivity index (χ0v) is 14.8. The van der Waals surface area contributed by atoms with Crippen molar-refractivity contribution in [1.29, 1.82) is 0 Å². The molecule has 0 unspecified atom stereocenters. The van der Waals surface area contributed by atoms with Gasteiger partial charge in [-0.25, -0.2) is 4.39 Å². The highest BCUT2D eigenvalue weighted by atomic mass is 19.1. The van der Waals surface area contributed by atoms with E-state index >= 15 is 0 Å². The van der Waals surface area contributed by atoms with Gasteiger partial charge in [0.25, 0.3) is 0 Å². The van der Waals surface area contributed by atoms with Crippen LogP contribution in [0.2, 0.25) is 0 Å². The number of aliphatic imine (C=N–C) groups is 1. The topological polar surface area (TPSA) is 45.7 Å². The van der Waals surface area contributed by atoms with Crippen LogP contribution in [0.4, 0.5) is 4.39 Å². The predicted octanol–water partition coefficient (Wildman–Crippen LogP) is 3.09. The van der Waals surface area contributed by atoms with Crippen LogP contribution in [0.3, 0.4) is 0 Å². The first-order chi connectivity index (χ1) is 11.0. The Labute approximate surface area is 139 Å². The van der Waals surface area contributed by atoms with Gasteiger partial charge in [0.05, 0.1) is 6.54 Å². The van der Waals surface area contributed by atoms with Gasteiger partial charge >= 0.3 is 0 Å². The van der Waals surface area contributed by atoms with E-state index < -0.39 is 0 Å². The van der Waals surface area contributed by atoms with Crippen molar-refractivity contribution in [2.45, 2.75) is 39.5 Å². The summed E-state index contributed by atoms with van der Waals surface area (Å²) in [5.41, 5.74) is 0.329. The first-order valence-electron chi connectivity index (χ1n) is 8.36. The third-order valence-corrected chi connectivity index (χ3v) is 3.54. The van der Waals surface area contributed by atoms with E-state index in [4.69, 9.17) is 4.74 Å². The number of nitrogens with one attached hydrogen (secondary N) is 2. The lowest BCUT2D eigenvalue weighted by Crippen LogP contribution is -2.39. The molecule has 1 aromatic carbocycles. The Morgan fingerprint density at radius 1 is 1.22 bits per heavy atom. The molecule has 0 bridgehead atoms. The van der Waals surface area contributed by atoms with E-state index in [1.165, 1.54) is 6.07 Å². The van der Waals surface area contributed by atoms with E-state index in [-0.39, 0.29) is 11.2 Å². The quantitative estimate of drug-likeness (QED) is 0.417. The molecule has 0 aliphatic rings. The summed E-state index contributed by atoms with van der Waals surface area (Å²) < 4.78 is 19.3. The SMILES string of the molecule is CCNC(=NCC(C)(C)c1ccccc1F)NCCCOCC. The summed E-state index contributed by atoms with van der Waals surface area (Å²) in [5, 5.41) is 6.50. The van der Waals surface area contributed by atoms with E-state index in [0.29, 0.717) is 12.1 Å². The van der Waals surface area contributed by atoms with Gasteiger partial charge in [0.2, 0.25) is 0 Å². The molecular formula is C18H30FN3O. The molecule has 1 rings (SSSR count). The molecule has 0 heterocycles. The summed E-state index contributed by atoms with van der Waals surface area (Å²) in [6, 6.07) is 6.90. The summed E-state index contributed by atoms with van der Waals surface area (Å²) in [7, 11) is 0. The third-order valence-electron chi connectivity index (χ3n) is 3.54. The van der Waals surface area contributed by atoms with Crippen molar-refractivity contribution in [2.24, 2.45) is 4.99 Å². The summed E-state index contributed by atoms with van der Waals surface area (Å²) >= 11 is 0. The molecule has 4 nitrogen and oxygen atoms in total. The highest BCUT2D eigenvalue weighted by Crippen LogP contribution is 2.25.